The molecular weight excluding hydrogens is 626 g/mol. The molecule has 0 atom stereocenters. The molecule has 0 aliphatic heterocycles. The van der Waals surface area contributed by atoms with Crippen LogP contribution in [0.25, 0.3) is 6.08 Å². The quantitative estimate of drug-likeness (QED) is 0.124. The van der Waals surface area contributed by atoms with Crippen LogP contribution in [-0.2, 0) is 9.59 Å². The number of ether oxygens (including phenoxy) is 1. The van der Waals surface area contributed by atoms with Crippen LogP contribution in [0.1, 0.15) is 15.9 Å². The van der Waals surface area contributed by atoms with Gasteiger partial charge < -0.3 is 20.7 Å². The maximum Gasteiger partial charge on any atom is 0.272 e. The van der Waals surface area contributed by atoms with E-state index in [9.17, 15) is 14.4 Å². The summed E-state index contributed by atoms with van der Waals surface area (Å²) in [5, 5.41) is 8.78. The van der Waals surface area contributed by atoms with Gasteiger partial charge in [-0.25, -0.2) is 0 Å². The summed E-state index contributed by atoms with van der Waals surface area (Å²) in [5.74, 6) is -0.455. The van der Waals surface area contributed by atoms with E-state index in [0.717, 1.165) is 14.9 Å². The van der Waals surface area contributed by atoms with E-state index in [-0.39, 0.29) is 17.4 Å². The highest BCUT2D eigenvalue weighted by Gasteiger charge is 2.16. The van der Waals surface area contributed by atoms with Gasteiger partial charge in [-0.1, -0.05) is 63.9 Å². The maximum atomic E-state index is 13.3. The summed E-state index contributed by atoms with van der Waals surface area (Å²) in [6.07, 6.45) is 1.61. The van der Waals surface area contributed by atoms with Gasteiger partial charge in [0.25, 0.3) is 11.8 Å². The number of halogens is 2. The first-order chi connectivity index (χ1) is 19.8. The molecule has 208 valence electrons. The van der Waals surface area contributed by atoms with Gasteiger partial charge in [-0.2, -0.15) is 0 Å². The molecule has 4 aromatic rings. The van der Waals surface area contributed by atoms with Crippen molar-refractivity contribution in [2.45, 2.75) is 4.90 Å². The van der Waals surface area contributed by atoms with Gasteiger partial charge in [0.1, 0.15) is 11.4 Å². The summed E-state index contributed by atoms with van der Waals surface area (Å²) >= 11 is 10.9. The van der Waals surface area contributed by atoms with Crippen LogP contribution in [0.3, 0.4) is 0 Å². The fraction of sp³-hybridized carbons (Fsp3) is 0.0645. The number of anilines is 2. The molecule has 3 amide bonds. The molecule has 0 unspecified atom stereocenters. The molecule has 0 aromatic heterocycles. The van der Waals surface area contributed by atoms with Crippen molar-refractivity contribution in [2.75, 3.05) is 23.5 Å². The van der Waals surface area contributed by atoms with Gasteiger partial charge in [-0.15, -0.1) is 11.8 Å². The SMILES string of the molecule is COc1ccc(NC(=O)CSc2cccc(NC(=O)/C(=C\c3cccc(Br)c3)NC(=O)c3ccccc3)c2)cc1Cl. The molecule has 7 nitrogen and oxygen atoms in total. The normalized spacial score (nSPS) is 11.0. The average molecular weight is 651 g/mol. The van der Waals surface area contributed by atoms with E-state index in [0.29, 0.717) is 27.7 Å². The molecular formula is C31H25BrClN3O4S. The van der Waals surface area contributed by atoms with Crippen molar-refractivity contribution in [2.24, 2.45) is 0 Å². The van der Waals surface area contributed by atoms with Gasteiger partial charge >= 0.3 is 0 Å². The van der Waals surface area contributed by atoms with Gasteiger partial charge in [0.05, 0.1) is 17.9 Å². The van der Waals surface area contributed by atoms with Crippen molar-refractivity contribution in [3.63, 3.8) is 0 Å². The summed E-state index contributed by atoms with van der Waals surface area (Å²) in [5.41, 5.74) is 2.30. The Morgan fingerprint density at radius 2 is 1.63 bits per heavy atom. The van der Waals surface area contributed by atoms with Crippen molar-refractivity contribution in [1.82, 2.24) is 5.32 Å². The van der Waals surface area contributed by atoms with Crippen LogP contribution in [0.15, 0.2) is 112 Å². The van der Waals surface area contributed by atoms with E-state index in [1.54, 1.807) is 66.7 Å². The fourth-order valence-corrected chi connectivity index (χ4v) is 5.09. The first kappa shape index (κ1) is 29.9. The van der Waals surface area contributed by atoms with Gasteiger partial charge in [0.15, 0.2) is 0 Å². The molecule has 0 spiro atoms. The molecule has 0 heterocycles. The number of hydrogen-bond acceptors (Lipinski definition) is 5. The summed E-state index contributed by atoms with van der Waals surface area (Å²) in [7, 11) is 1.52. The molecule has 3 N–H and O–H groups in total. The third-order valence-electron chi connectivity index (χ3n) is 5.59. The molecule has 4 rings (SSSR count). The van der Waals surface area contributed by atoms with Crippen LogP contribution >= 0.6 is 39.3 Å². The number of methoxy groups -OCH3 is 1. The minimum atomic E-state index is -0.495. The van der Waals surface area contributed by atoms with Gasteiger partial charge in [0, 0.05) is 26.3 Å². The second-order valence-electron chi connectivity index (χ2n) is 8.60. The highest BCUT2D eigenvalue weighted by atomic mass is 79.9. The zero-order valence-electron chi connectivity index (χ0n) is 21.8. The number of benzene rings is 4. The third kappa shape index (κ3) is 8.97. The fourth-order valence-electron chi connectivity index (χ4n) is 3.66. The Labute approximate surface area is 255 Å². The lowest BCUT2D eigenvalue weighted by Gasteiger charge is -2.12. The molecule has 0 aliphatic rings. The van der Waals surface area contributed by atoms with Crippen LogP contribution < -0.4 is 20.7 Å². The van der Waals surface area contributed by atoms with E-state index >= 15 is 0 Å². The third-order valence-corrected chi connectivity index (χ3v) is 7.37. The maximum absolute atomic E-state index is 13.3. The number of nitrogens with one attached hydrogen (secondary N) is 3. The lowest BCUT2D eigenvalue weighted by Crippen LogP contribution is -2.30. The van der Waals surface area contributed by atoms with Gasteiger partial charge in [-0.05, 0) is 72.3 Å². The van der Waals surface area contributed by atoms with Crippen molar-refractivity contribution in [1.29, 1.82) is 0 Å². The van der Waals surface area contributed by atoms with Crippen molar-refractivity contribution >= 4 is 74.5 Å². The van der Waals surface area contributed by atoms with Gasteiger partial charge in [0.2, 0.25) is 5.91 Å². The number of amides is 3. The van der Waals surface area contributed by atoms with E-state index in [1.807, 2.05) is 36.4 Å². The van der Waals surface area contributed by atoms with Gasteiger partial charge in [-0.3, -0.25) is 14.4 Å². The number of carbonyl (C=O) groups is 3. The summed E-state index contributed by atoms with van der Waals surface area (Å²) in [6, 6.07) is 28.1. The Morgan fingerprint density at radius 1 is 0.878 bits per heavy atom. The lowest BCUT2D eigenvalue weighted by atomic mass is 10.1. The van der Waals surface area contributed by atoms with Crippen molar-refractivity contribution in [3.05, 3.63) is 123 Å². The molecule has 41 heavy (non-hydrogen) atoms. The molecule has 0 saturated carbocycles. The Kier molecular flexibility index (Phi) is 10.6. The molecule has 4 aromatic carbocycles. The Morgan fingerprint density at radius 3 is 2.37 bits per heavy atom. The Hall–Kier alpha value is -4.05. The van der Waals surface area contributed by atoms with Crippen molar-refractivity contribution in [3.8, 4) is 5.75 Å². The predicted molar refractivity (Wildman–Crippen MR) is 168 cm³/mol. The van der Waals surface area contributed by atoms with E-state index in [4.69, 9.17) is 16.3 Å². The molecule has 10 heteroatoms. The second-order valence-corrected chi connectivity index (χ2v) is 11.0. The Bertz CT molecular complexity index is 1600. The summed E-state index contributed by atoms with van der Waals surface area (Å²) in [6.45, 7) is 0. The smallest absolute Gasteiger partial charge is 0.272 e. The minimum absolute atomic E-state index is 0.0764. The monoisotopic (exact) mass is 649 g/mol. The highest BCUT2D eigenvalue weighted by molar-refractivity contribution is 9.10. The molecule has 0 saturated heterocycles. The lowest BCUT2D eigenvalue weighted by molar-refractivity contribution is -0.114. The Balaban J connectivity index is 1.43. The molecule has 0 radical (unpaired) electrons. The second kappa shape index (κ2) is 14.5. The minimum Gasteiger partial charge on any atom is -0.495 e. The van der Waals surface area contributed by atoms with Crippen LogP contribution in [0.4, 0.5) is 11.4 Å². The number of thioether (sulfide) groups is 1. The first-order valence-corrected chi connectivity index (χ1v) is 14.5. The average Bonchev–Trinajstić information content (AvgIpc) is 2.96. The van der Waals surface area contributed by atoms with Crippen LogP contribution in [-0.4, -0.2) is 30.6 Å². The van der Waals surface area contributed by atoms with E-state index in [1.165, 1.54) is 18.9 Å². The first-order valence-electron chi connectivity index (χ1n) is 12.3. The summed E-state index contributed by atoms with van der Waals surface area (Å²) < 4.78 is 5.97. The van der Waals surface area contributed by atoms with Crippen LogP contribution in [0.5, 0.6) is 5.75 Å². The van der Waals surface area contributed by atoms with Crippen LogP contribution in [0, 0.1) is 0 Å². The zero-order chi connectivity index (χ0) is 29.2. The molecule has 0 aliphatic carbocycles. The van der Waals surface area contributed by atoms with Crippen molar-refractivity contribution < 1.29 is 19.1 Å². The predicted octanol–water partition coefficient (Wildman–Crippen LogP) is 7.25. The number of rotatable bonds is 10. The number of hydrogen-bond donors (Lipinski definition) is 3. The standard InChI is InChI=1S/C31H25BrClN3O4S/c1-40-28-14-13-24(18-26(28)33)34-29(37)19-41-25-12-6-11-23(17-25)35-31(39)27(16-20-7-5-10-22(32)15-20)36-30(38)21-8-3-2-4-9-21/h2-18H,19H2,1H3,(H,34,37)(H,35,39)(H,36,38)/b27-16+. The van der Waals surface area contributed by atoms with E-state index < -0.39 is 11.8 Å². The van der Waals surface area contributed by atoms with E-state index in [2.05, 4.69) is 31.9 Å². The zero-order valence-corrected chi connectivity index (χ0v) is 25.0. The summed E-state index contributed by atoms with van der Waals surface area (Å²) in [4.78, 5) is 39.5. The molecule has 0 bridgehead atoms. The molecule has 0 fully saturated rings. The topological polar surface area (TPSA) is 96.5 Å². The highest BCUT2D eigenvalue weighted by Crippen LogP contribution is 2.28. The number of carbonyl (C=O) groups excluding carboxylic acids is 3. The largest absolute Gasteiger partial charge is 0.495 e. The van der Waals surface area contributed by atoms with Crippen LogP contribution in [0.2, 0.25) is 5.02 Å².